The van der Waals surface area contributed by atoms with Crippen LogP contribution in [0.15, 0.2) is 0 Å². The number of nitrogens with zero attached hydrogens (tertiary/aromatic N) is 1. The van der Waals surface area contributed by atoms with Gasteiger partial charge in [-0.3, -0.25) is 9.69 Å². The lowest BCUT2D eigenvalue weighted by Gasteiger charge is -2.13. The molecule has 1 aliphatic rings. The molecule has 1 fully saturated rings. The average molecular weight is 268 g/mol. The molecule has 0 spiro atoms. The summed E-state index contributed by atoms with van der Waals surface area (Å²) >= 11 is 1.98. The number of hydrogen-bond donors (Lipinski definition) is 1. The van der Waals surface area contributed by atoms with Crippen molar-refractivity contribution in [1.82, 2.24) is 10.2 Å². The lowest BCUT2D eigenvalue weighted by molar-refractivity contribution is -0.129. The third-order valence-electron chi connectivity index (χ3n) is 1.56. The highest BCUT2D eigenvalue weighted by atomic mass is 127. The lowest BCUT2D eigenvalue weighted by atomic mass is 10.1. The number of amides is 3. The second kappa shape index (κ2) is 2.62. The van der Waals surface area contributed by atoms with Gasteiger partial charge in [0.05, 0.1) is 4.55 Å². The van der Waals surface area contributed by atoms with Crippen LogP contribution in [0, 0.1) is 0 Å². The van der Waals surface area contributed by atoms with Gasteiger partial charge in [-0.1, -0.05) is 22.6 Å². The summed E-state index contributed by atoms with van der Waals surface area (Å²) in [7, 11) is 0. The fraction of sp³-hybridized carbons (Fsp3) is 0.667. The Kier molecular flexibility index (Phi) is 2.08. The van der Waals surface area contributed by atoms with Crippen molar-refractivity contribution in [3.8, 4) is 0 Å². The highest BCUT2D eigenvalue weighted by Crippen LogP contribution is 2.16. The number of urea groups is 1. The summed E-state index contributed by atoms with van der Waals surface area (Å²) in [6.45, 7) is 3.39. The van der Waals surface area contributed by atoms with Crippen LogP contribution in [0.1, 0.15) is 13.8 Å². The van der Waals surface area contributed by atoms with Gasteiger partial charge in [0.2, 0.25) is 0 Å². The molecule has 1 aliphatic heterocycles. The Labute approximate surface area is 78.5 Å². The van der Waals surface area contributed by atoms with Gasteiger partial charge in [-0.25, -0.2) is 4.79 Å². The molecule has 62 valence electrons. The van der Waals surface area contributed by atoms with Gasteiger partial charge in [-0.05, 0) is 13.8 Å². The topological polar surface area (TPSA) is 49.4 Å². The summed E-state index contributed by atoms with van der Waals surface area (Å²) in [5, 5.41) is 2.58. The Hall–Kier alpha value is -0.330. The van der Waals surface area contributed by atoms with Gasteiger partial charge < -0.3 is 5.32 Å². The maximum atomic E-state index is 11.3. The van der Waals surface area contributed by atoms with E-state index in [1.54, 1.807) is 13.8 Å². The van der Waals surface area contributed by atoms with Gasteiger partial charge >= 0.3 is 6.03 Å². The van der Waals surface area contributed by atoms with Crippen LogP contribution in [0.25, 0.3) is 0 Å². The van der Waals surface area contributed by atoms with Crippen molar-refractivity contribution < 1.29 is 9.59 Å². The Morgan fingerprint density at radius 3 is 2.27 bits per heavy atom. The normalized spacial score (nSPS) is 22.3. The second-order valence-corrected chi connectivity index (χ2v) is 3.59. The molecular weight excluding hydrogens is 259 g/mol. The van der Waals surface area contributed by atoms with Crippen LogP contribution in [0.2, 0.25) is 0 Å². The molecule has 0 atom stereocenters. The van der Waals surface area contributed by atoms with Crippen molar-refractivity contribution in [1.29, 1.82) is 0 Å². The highest BCUT2D eigenvalue weighted by molar-refractivity contribution is 14.1. The van der Waals surface area contributed by atoms with Crippen molar-refractivity contribution in [3.05, 3.63) is 0 Å². The van der Waals surface area contributed by atoms with Crippen LogP contribution >= 0.6 is 22.6 Å². The first-order valence-electron chi connectivity index (χ1n) is 3.19. The molecule has 4 nitrogen and oxygen atoms in total. The Morgan fingerprint density at radius 1 is 1.55 bits per heavy atom. The van der Waals surface area contributed by atoms with E-state index < -0.39 is 5.54 Å². The summed E-state index contributed by atoms with van der Waals surface area (Å²) in [5.74, 6) is -0.156. The molecule has 0 radical (unpaired) electrons. The van der Waals surface area contributed by atoms with Crippen LogP contribution in [0.5, 0.6) is 0 Å². The van der Waals surface area contributed by atoms with E-state index in [0.29, 0.717) is 4.55 Å². The van der Waals surface area contributed by atoms with Gasteiger partial charge in [0.1, 0.15) is 5.54 Å². The number of carbonyl (C=O) groups excluding carboxylic acids is 2. The van der Waals surface area contributed by atoms with E-state index in [1.807, 2.05) is 22.6 Å². The van der Waals surface area contributed by atoms with Crippen molar-refractivity contribution in [2.24, 2.45) is 0 Å². The SMILES string of the molecule is CC1(C)NC(=O)N(CI)C1=O. The molecule has 0 aromatic rings. The van der Waals surface area contributed by atoms with Crippen molar-refractivity contribution in [2.45, 2.75) is 19.4 Å². The summed E-state index contributed by atoms with van der Waals surface area (Å²) in [4.78, 5) is 23.5. The maximum absolute atomic E-state index is 11.3. The van der Waals surface area contributed by atoms with E-state index in [2.05, 4.69) is 5.32 Å². The Morgan fingerprint density at radius 2 is 2.09 bits per heavy atom. The summed E-state index contributed by atoms with van der Waals surface area (Å²) in [6, 6.07) is -0.297. The van der Waals surface area contributed by atoms with Crippen LogP contribution < -0.4 is 5.32 Å². The molecule has 3 amide bonds. The number of imide groups is 1. The average Bonchev–Trinajstić information content (AvgIpc) is 2.04. The molecular formula is C6H9IN2O2. The van der Waals surface area contributed by atoms with Gasteiger partial charge in [-0.2, -0.15) is 0 Å². The Balaban J connectivity index is 2.88. The zero-order valence-electron chi connectivity index (χ0n) is 6.35. The largest absolute Gasteiger partial charge is 0.325 e. The zero-order valence-corrected chi connectivity index (χ0v) is 8.51. The molecule has 0 saturated carbocycles. The fourth-order valence-electron chi connectivity index (χ4n) is 0.926. The molecule has 11 heavy (non-hydrogen) atoms. The van der Waals surface area contributed by atoms with Gasteiger partial charge in [0.25, 0.3) is 5.91 Å². The number of carbonyl (C=O) groups is 2. The van der Waals surface area contributed by atoms with E-state index in [1.165, 1.54) is 4.90 Å². The number of hydrogen-bond acceptors (Lipinski definition) is 2. The van der Waals surface area contributed by atoms with Crippen LogP contribution in [-0.4, -0.2) is 26.9 Å². The zero-order chi connectivity index (χ0) is 8.65. The van der Waals surface area contributed by atoms with Gasteiger partial charge in [0, 0.05) is 0 Å². The molecule has 0 aromatic heterocycles. The molecule has 0 aromatic carbocycles. The van der Waals surface area contributed by atoms with Crippen LogP contribution in [0.3, 0.4) is 0 Å². The second-order valence-electron chi connectivity index (χ2n) is 2.91. The quantitative estimate of drug-likeness (QED) is 0.329. The summed E-state index contributed by atoms with van der Waals surface area (Å²) < 4.78 is 0.409. The van der Waals surface area contributed by atoms with Gasteiger partial charge in [-0.15, -0.1) is 0 Å². The van der Waals surface area contributed by atoms with Crippen molar-refractivity contribution >= 4 is 34.5 Å². The smallest absolute Gasteiger partial charge is 0.324 e. The minimum absolute atomic E-state index is 0.156. The minimum Gasteiger partial charge on any atom is -0.324 e. The monoisotopic (exact) mass is 268 g/mol. The fourth-order valence-corrected chi connectivity index (χ4v) is 1.55. The molecule has 0 bridgehead atoms. The van der Waals surface area contributed by atoms with Crippen LogP contribution in [-0.2, 0) is 4.79 Å². The lowest BCUT2D eigenvalue weighted by Crippen LogP contribution is -2.40. The molecule has 1 N–H and O–H groups in total. The van der Waals surface area contributed by atoms with E-state index in [-0.39, 0.29) is 11.9 Å². The van der Waals surface area contributed by atoms with Gasteiger partial charge in [0.15, 0.2) is 0 Å². The highest BCUT2D eigenvalue weighted by Gasteiger charge is 2.43. The van der Waals surface area contributed by atoms with E-state index in [4.69, 9.17) is 0 Å². The Bertz CT molecular complexity index is 215. The minimum atomic E-state index is -0.720. The summed E-state index contributed by atoms with van der Waals surface area (Å²) in [5.41, 5.74) is -0.720. The first-order chi connectivity index (χ1) is 4.99. The number of alkyl halides is 1. The van der Waals surface area contributed by atoms with Crippen molar-refractivity contribution in [2.75, 3.05) is 4.55 Å². The first kappa shape index (κ1) is 8.76. The standard InChI is InChI=1S/C6H9IN2O2/c1-6(2)4(10)9(3-7)5(11)8-6/h3H2,1-2H3,(H,8,11). The first-order valence-corrected chi connectivity index (χ1v) is 4.71. The number of nitrogens with one attached hydrogen (secondary N) is 1. The third-order valence-corrected chi connectivity index (χ3v) is 2.25. The van der Waals surface area contributed by atoms with E-state index in [0.717, 1.165) is 0 Å². The molecule has 1 saturated heterocycles. The molecule has 0 aliphatic carbocycles. The summed E-state index contributed by atoms with van der Waals surface area (Å²) in [6.07, 6.45) is 0. The number of rotatable bonds is 1. The molecule has 5 heteroatoms. The van der Waals surface area contributed by atoms with E-state index in [9.17, 15) is 9.59 Å². The van der Waals surface area contributed by atoms with Crippen LogP contribution in [0.4, 0.5) is 4.79 Å². The molecule has 0 unspecified atom stereocenters. The predicted octanol–water partition coefficient (Wildman–Crippen LogP) is 0.709. The van der Waals surface area contributed by atoms with Crippen molar-refractivity contribution in [3.63, 3.8) is 0 Å². The van der Waals surface area contributed by atoms with E-state index >= 15 is 0 Å². The molecule has 1 heterocycles. The predicted molar refractivity (Wildman–Crippen MR) is 48.3 cm³/mol. The molecule has 1 rings (SSSR count). The maximum Gasteiger partial charge on any atom is 0.325 e. The third kappa shape index (κ3) is 1.33. The number of halogens is 1.